The van der Waals surface area contributed by atoms with Gasteiger partial charge in [0.25, 0.3) is 0 Å². The molecule has 2 amide bonds. The number of nitrogens with two attached hydrogens (primary N) is 1. The zero-order valence-electron chi connectivity index (χ0n) is 11.4. The lowest BCUT2D eigenvalue weighted by atomic mass is 10.4. The maximum Gasteiger partial charge on any atom is 0.229 e. The average molecular weight is 271 g/mol. The van der Waals surface area contributed by atoms with Gasteiger partial charge in [-0.15, -0.1) is 0 Å². The van der Waals surface area contributed by atoms with Crippen LogP contribution in [0.2, 0.25) is 0 Å². The highest BCUT2D eigenvalue weighted by Crippen LogP contribution is 2.10. The summed E-state index contributed by atoms with van der Waals surface area (Å²) < 4.78 is 0. The molecule has 0 unspecified atom stereocenters. The molecule has 0 atom stereocenters. The van der Waals surface area contributed by atoms with Crippen molar-refractivity contribution in [3.05, 3.63) is 0 Å². The van der Waals surface area contributed by atoms with Crippen molar-refractivity contribution in [1.82, 2.24) is 20.9 Å². The smallest absolute Gasteiger partial charge is 0.229 e. The number of amides is 2. The molecule has 0 aromatic carbocycles. The standard InChI is InChI=1S/C12H25N5O2/c13-3-4-14-5-6-15-7-8-16-9-10-17-11(18)1-2-12(17)19/h14-16H,1-10,13H2. The van der Waals surface area contributed by atoms with Gasteiger partial charge in [0.15, 0.2) is 0 Å². The Labute approximate surface area is 114 Å². The van der Waals surface area contributed by atoms with Crippen molar-refractivity contribution < 1.29 is 9.59 Å². The third-order valence-electron chi connectivity index (χ3n) is 2.95. The average Bonchev–Trinajstić information content (AvgIpc) is 2.72. The summed E-state index contributed by atoms with van der Waals surface area (Å²) in [5.41, 5.74) is 5.35. The number of hydrogen-bond donors (Lipinski definition) is 4. The van der Waals surface area contributed by atoms with Crippen molar-refractivity contribution >= 4 is 11.8 Å². The molecule has 7 heteroatoms. The van der Waals surface area contributed by atoms with Gasteiger partial charge in [0, 0.05) is 65.2 Å². The molecule has 1 aliphatic rings. The minimum atomic E-state index is -0.0455. The summed E-state index contributed by atoms with van der Waals surface area (Å²) in [7, 11) is 0. The zero-order chi connectivity index (χ0) is 13.9. The van der Waals surface area contributed by atoms with Gasteiger partial charge >= 0.3 is 0 Å². The van der Waals surface area contributed by atoms with Crippen LogP contribution < -0.4 is 21.7 Å². The van der Waals surface area contributed by atoms with Gasteiger partial charge in [-0.3, -0.25) is 14.5 Å². The Morgan fingerprint density at radius 3 is 1.84 bits per heavy atom. The number of nitrogens with one attached hydrogen (secondary N) is 3. The lowest BCUT2D eigenvalue weighted by Crippen LogP contribution is -2.38. The quantitative estimate of drug-likeness (QED) is 0.253. The van der Waals surface area contributed by atoms with E-state index < -0.39 is 0 Å². The van der Waals surface area contributed by atoms with Crippen LogP contribution in [0.4, 0.5) is 0 Å². The summed E-state index contributed by atoms with van der Waals surface area (Å²) in [5, 5.41) is 9.68. The van der Waals surface area contributed by atoms with E-state index in [1.807, 2.05) is 0 Å². The first-order valence-electron chi connectivity index (χ1n) is 6.91. The minimum Gasteiger partial charge on any atom is -0.329 e. The number of carbonyl (C=O) groups excluding carboxylic acids is 2. The number of rotatable bonds is 11. The molecule has 1 heterocycles. The first-order chi connectivity index (χ1) is 9.25. The van der Waals surface area contributed by atoms with Crippen LogP contribution in [0, 0.1) is 0 Å². The van der Waals surface area contributed by atoms with Gasteiger partial charge in [-0.05, 0) is 0 Å². The molecule has 0 saturated carbocycles. The monoisotopic (exact) mass is 271 g/mol. The first kappa shape index (κ1) is 16.0. The number of carbonyl (C=O) groups is 2. The molecule has 1 saturated heterocycles. The normalized spacial score (nSPS) is 15.5. The van der Waals surface area contributed by atoms with Crippen LogP contribution in [0.25, 0.3) is 0 Å². The summed E-state index contributed by atoms with van der Waals surface area (Å²) >= 11 is 0. The fraction of sp³-hybridized carbons (Fsp3) is 0.833. The lowest BCUT2D eigenvalue weighted by molar-refractivity contribution is -0.138. The maximum atomic E-state index is 11.3. The Morgan fingerprint density at radius 1 is 0.842 bits per heavy atom. The van der Waals surface area contributed by atoms with Crippen LogP contribution in [-0.4, -0.2) is 69.1 Å². The maximum absolute atomic E-state index is 11.3. The van der Waals surface area contributed by atoms with Gasteiger partial charge in [-0.1, -0.05) is 0 Å². The van der Waals surface area contributed by atoms with E-state index >= 15 is 0 Å². The van der Waals surface area contributed by atoms with Crippen LogP contribution in [0.5, 0.6) is 0 Å². The summed E-state index contributed by atoms with van der Waals surface area (Å²) in [6.07, 6.45) is 0.742. The summed E-state index contributed by atoms with van der Waals surface area (Å²) in [6, 6.07) is 0. The molecular formula is C12H25N5O2. The van der Waals surface area contributed by atoms with Crippen molar-refractivity contribution in [2.75, 3.05) is 52.4 Å². The summed E-state index contributed by atoms with van der Waals surface area (Å²) in [6.45, 7) is 6.16. The number of likely N-dealkylation sites (tertiary alicyclic amines) is 1. The molecule has 1 fully saturated rings. The highest BCUT2D eigenvalue weighted by atomic mass is 16.2. The molecule has 0 aromatic heterocycles. The molecule has 0 bridgehead atoms. The van der Waals surface area contributed by atoms with E-state index in [0.29, 0.717) is 32.5 Å². The molecular weight excluding hydrogens is 246 g/mol. The van der Waals surface area contributed by atoms with E-state index in [-0.39, 0.29) is 11.8 Å². The van der Waals surface area contributed by atoms with Crippen molar-refractivity contribution in [3.8, 4) is 0 Å². The predicted octanol–water partition coefficient (Wildman–Crippen LogP) is -2.14. The lowest BCUT2D eigenvalue weighted by Gasteiger charge is -2.14. The Morgan fingerprint density at radius 2 is 1.32 bits per heavy atom. The Bertz CT molecular complexity index is 269. The Balaban J connectivity index is 1.86. The van der Waals surface area contributed by atoms with Crippen molar-refractivity contribution in [2.45, 2.75) is 12.8 Å². The van der Waals surface area contributed by atoms with Gasteiger partial charge in [0.1, 0.15) is 0 Å². The number of nitrogens with zero attached hydrogens (tertiary/aromatic N) is 1. The van der Waals surface area contributed by atoms with E-state index in [9.17, 15) is 9.59 Å². The van der Waals surface area contributed by atoms with Crippen LogP contribution >= 0.6 is 0 Å². The highest BCUT2D eigenvalue weighted by molar-refractivity contribution is 6.01. The second-order valence-electron chi connectivity index (χ2n) is 4.48. The van der Waals surface area contributed by atoms with Crippen molar-refractivity contribution in [2.24, 2.45) is 5.73 Å². The van der Waals surface area contributed by atoms with Crippen molar-refractivity contribution in [3.63, 3.8) is 0 Å². The number of hydrogen-bond acceptors (Lipinski definition) is 6. The fourth-order valence-electron chi connectivity index (χ4n) is 1.89. The first-order valence-corrected chi connectivity index (χ1v) is 6.91. The van der Waals surface area contributed by atoms with E-state index in [2.05, 4.69) is 16.0 Å². The van der Waals surface area contributed by atoms with E-state index in [1.165, 1.54) is 4.90 Å². The molecule has 7 nitrogen and oxygen atoms in total. The van der Waals surface area contributed by atoms with Gasteiger partial charge in [0.2, 0.25) is 11.8 Å². The predicted molar refractivity (Wildman–Crippen MR) is 73.6 cm³/mol. The van der Waals surface area contributed by atoms with E-state index in [4.69, 9.17) is 5.73 Å². The summed E-state index contributed by atoms with van der Waals surface area (Å²) in [5.74, 6) is -0.0909. The molecule has 1 aliphatic heterocycles. The third kappa shape index (κ3) is 6.63. The van der Waals surface area contributed by atoms with Crippen LogP contribution in [0.3, 0.4) is 0 Å². The van der Waals surface area contributed by atoms with Gasteiger partial charge in [-0.25, -0.2) is 0 Å². The van der Waals surface area contributed by atoms with Gasteiger partial charge < -0.3 is 21.7 Å². The fourth-order valence-corrected chi connectivity index (χ4v) is 1.89. The summed E-state index contributed by atoms with van der Waals surface area (Å²) in [4.78, 5) is 24.0. The molecule has 1 rings (SSSR count). The van der Waals surface area contributed by atoms with E-state index in [0.717, 1.165) is 32.7 Å². The minimum absolute atomic E-state index is 0.0455. The number of imide groups is 1. The zero-order valence-corrected chi connectivity index (χ0v) is 11.4. The van der Waals surface area contributed by atoms with E-state index in [1.54, 1.807) is 0 Å². The molecule has 5 N–H and O–H groups in total. The van der Waals surface area contributed by atoms with Crippen LogP contribution in [0.15, 0.2) is 0 Å². The highest BCUT2D eigenvalue weighted by Gasteiger charge is 2.27. The molecule has 0 spiro atoms. The Kier molecular flexibility index (Phi) is 8.31. The molecule has 19 heavy (non-hydrogen) atoms. The second kappa shape index (κ2) is 9.85. The molecule has 0 aromatic rings. The second-order valence-corrected chi connectivity index (χ2v) is 4.48. The largest absolute Gasteiger partial charge is 0.329 e. The molecule has 0 radical (unpaired) electrons. The Hall–Kier alpha value is -1.02. The third-order valence-corrected chi connectivity index (χ3v) is 2.95. The van der Waals surface area contributed by atoms with Crippen LogP contribution in [0.1, 0.15) is 12.8 Å². The van der Waals surface area contributed by atoms with Gasteiger partial charge in [-0.2, -0.15) is 0 Å². The molecule has 110 valence electrons. The topological polar surface area (TPSA) is 99.5 Å². The SMILES string of the molecule is NCCNCCNCCNCCN1C(=O)CCC1=O. The molecule has 0 aliphatic carbocycles. The van der Waals surface area contributed by atoms with Crippen molar-refractivity contribution in [1.29, 1.82) is 0 Å². The van der Waals surface area contributed by atoms with Gasteiger partial charge in [0.05, 0.1) is 0 Å². The van der Waals surface area contributed by atoms with Crippen LogP contribution in [-0.2, 0) is 9.59 Å².